The highest BCUT2D eigenvalue weighted by atomic mass is 16.5. The number of imidazole rings is 1. The van der Waals surface area contributed by atoms with Crippen LogP contribution in [0.5, 0.6) is 0 Å². The number of piperidine rings is 1. The lowest BCUT2D eigenvalue weighted by atomic mass is 10.0. The van der Waals surface area contributed by atoms with Crippen LogP contribution >= 0.6 is 0 Å². The number of H-pyrrole nitrogens is 1. The molecule has 0 saturated carbocycles. The Morgan fingerprint density at radius 3 is 2.65 bits per heavy atom. The van der Waals surface area contributed by atoms with E-state index in [2.05, 4.69) is 4.98 Å². The van der Waals surface area contributed by atoms with E-state index in [1.165, 1.54) is 5.48 Å². The van der Waals surface area contributed by atoms with Gasteiger partial charge in [0.05, 0.1) is 11.0 Å². The molecule has 1 saturated heterocycles. The fraction of sp³-hybridized carbons (Fsp3) is 0.400. The summed E-state index contributed by atoms with van der Waals surface area (Å²) in [6.45, 7) is 0.961. The van der Waals surface area contributed by atoms with Gasteiger partial charge >= 0.3 is 5.69 Å². The van der Waals surface area contributed by atoms with Gasteiger partial charge in [-0.05, 0) is 25.0 Å². The minimum absolute atomic E-state index is 0.0226. The van der Waals surface area contributed by atoms with E-state index in [9.17, 15) is 14.4 Å². The number of aromatic nitrogens is 2. The summed E-state index contributed by atoms with van der Waals surface area (Å²) < 4.78 is 1.75. The van der Waals surface area contributed by atoms with E-state index in [0.717, 1.165) is 11.0 Å². The summed E-state index contributed by atoms with van der Waals surface area (Å²) in [7, 11) is 0. The Bertz CT molecular complexity index is 786. The van der Waals surface area contributed by atoms with E-state index in [1.54, 1.807) is 9.47 Å². The average molecular weight is 318 g/mol. The number of nitrogens with zero attached hydrogens (tertiary/aromatic N) is 2. The number of nitrogens with one attached hydrogen (secondary N) is 2. The van der Waals surface area contributed by atoms with Crippen molar-refractivity contribution >= 4 is 22.8 Å². The van der Waals surface area contributed by atoms with Crippen molar-refractivity contribution in [3.05, 3.63) is 34.7 Å². The molecule has 0 radical (unpaired) electrons. The van der Waals surface area contributed by atoms with E-state index in [0.29, 0.717) is 25.9 Å². The van der Waals surface area contributed by atoms with Crippen LogP contribution in [0.25, 0.3) is 11.0 Å². The Labute approximate surface area is 131 Å². The lowest BCUT2D eigenvalue weighted by Crippen LogP contribution is -2.42. The molecule has 2 aromatic rings. The number of fused-ring (bicyclic) bond motifs is 1. The highest BCUT2D eigenvalue weighted by molar-refractivity contribution is 5.96. The number of benzene rings is 1. The van der Waals surface area contributed by atoms with Crippen LogP contribution in [0.1, 0.15) is 25.3 Å². The number of hydrogen-bond donors (Lipinski definition) is 3. The summed E-state index contributed by atoms with van der Waals surface area (Å²) in [5.41, 5.74) is 2.98. The number of carbonyl (C=O) groups excluding carboxylic acids is 2. The minimum Gasteiger partial charge on any atom is -0.342 e. The molecule has 8 heteroatoms. The number of rotatable bonds is 3. The third-order valence-electron chi connectivity index (χ3n) is 4.24. The van der Waals surface area contributed by atoms with Crippen molar-refractivity contribution in [1.29, 1.82) is 0 Å². The van der Waals surface area contributed by atoms with Gasteiger partial charge < -0.3 is 9.88 Å². The molecule has 1 aromatic heterocycles. The molecule has 23 heavy (non-hydrogen) atoms. The highest BCUT2D eigenvalue weighted by Gasteiger charge is 2.26. The normalized spacial score (nSPS) is 15.8. The zero-order valence-electron chi connectivity index (χ0n) is 12.5. The van der Waals surface area contributed by atoms with Crippen molar-refractivity contribution in [3.63, 3.8) is 0 Å². The Morgan fingerprint density at radius 1 is 1.26 bits per heavy atom. The van der Waals surface area contributed by atoms with Gasteiger partial charge in [0, 0.05) is 19.1 Å². The number of carbonyl (C=O) groups is 2. The predicted molar refractivity (Wildman–Crippen MR) is 82.0 cm³/mol. The van der Waals surface area contributed by atoms with E-state index >= 15 is 0 Å². The molecule has 0 bridgehead atoms. The topological polar surface area (TPSA) is 107 Å². The lowest BCUT2D eigenvalue weighted by molar-refractivity contribution is -0.140. The SMILES string of the molecule is O=C(CC(=O)N1CCC(n2c(=O)[nH]c3ccccc32)CC1)NO. The molecule has 0 aliphatic carbocycles. The number of hydroxylamine groups is 1. The largest absolute Gasteiger partial charge is 0.342 e. The molecule has 0 spiro atoms. The van der Waals surface area contributed by atoms with E-state index < -0.39 is 5.91 Å². The Morgan fingerprint density at radius 2 is 1.96 bits per heavy atom. The number of likely N-dealkylation sites (tertiary alicyclic amines) is 1. The molecule has 0 atom stereocenters. The second-order valence-electron chi connectivity index (χ2n) is 5.64. The van der Waals surface area contributed by atoms with E-state index in [-0.39, 0.29) is 24.1 Å². The standard InChI is InChI=1S/C15H18N4O4/c20-13(17-23)9-14(21)18-7-5-10(6-8-18)19-12-4-2-1-3-11(12)16-15(19)22/h1-4,10,23H,5-9H2,(H,16,22)(H,17,20). The van der Waals surface area contributed by atoms with Crippen molar-refractivity contribution in [2.75, 3.05) is 13.1 Å². The Balaban J connectivity index is 1.71. The van der Waals surface area contributed by atoms with Gasteiger partial charge in [-0.1, -0.05) is 12.1 Å². The fourth-order valence-electron chi connectivity index (χ4n) is 3.10. The van der Waals surface area contributed by atoms with Crippen LogP contribution in [-0.2, 0) is 9.59 Å². The summed E-state index contributed by atoms with van der Waals surface area (Å²) >= 11 is 0. The molecule has 2 amide bonds. The monoisotopic (exact) mass is 318 g/mol. The van der Waals surface area contributed by atoms with Gasteiger partial charge in [-0.15, -0.1) is 0 Å². The quantitative estimate of drug-likeness (QED) is 0.432. The number of para-hydroxylation sites is 2. The number of aromatic amines is 1. The molecular formula is C15H18N4O4. The molecule has 1 aromatic carbocycles. The molecule has 8 nitrogen and oxygen atoms in total. The van der Waals surface area contributed by atoms with Crippen molar-refractivity contribution in [2.45, 2.75) is 25.3 Å². The zero-order chi connectivity index (χ0) is 16.4. The molecule has 1 aliphatic heterocycles. The molecule has 1 aliphatic rings. The van der Waals surface area contributed by atoms with Crippen molar-refractivity contribution < 1.29 is 14.8 Å². The average Bonchev–Trinajstić information content (AvgIpc) is 2.90. The first kappa shape index (κ1) is 15.3. The summed E-state index contributed by atoms with van der Waals surface area (Å²) in [6.07, 6.45) is 0.927. The summed E-state index contributed by atoms with van der Waals surface area (Å²) in [5, 5.41) is 8.47. The molecule has 0 unspecified atom stereocenters. The van der Waals surface area contributed by atoms with Gasteiger partial charge in [0.1, 0.15) is 6.42 Å². The Hall–Kier alpha value is -2.61. The van der Waals surface area contributed by atoms with Gasteiger partial charge in [0.2, 0.25) is 5.91 Å². The molecule has 122 valence electrons. The van der Waals surface area contributed by atoms with Gasteiger partial charge in [0.25, 0.3) is 5.91 Å². The van der Waals surface area contributed by atoms with E-state index in [1.807, 2.05) is 24.3 Å². The molecule has 3 rings (SSSR count). The number of hydrogen-bond acceptors (Lipinski definition) is 4. The number of amides is 2. The van der Waals surface area contributed by atoms with Gasteiger partial charge in [-0.3, -0.25) is 19.4 Å². The molecule has 2 heterocycles. The van der Waals surface area contributed by atoms with Crippen molar-refractivity contribution in [1.82, 2.24) is 19.9 Å². The summed E-state index contributed by atoms with van der Waals surface area (Å²) in [6, 6.07) is 7.54. The van der Waals surface area contributed by atoms with Crippen LogP contribution in [0.2, 0.25) is 0 Å². The van der Waals surface area contributed by atoms with Crippen molar-refractivity contribution in [3.8, 4) is 0 Å². The lowest BCUT2D eigenvalue weighted by Gasteiger charge is -2.32. The first-order valence-corrected chi connectivity index (χ1v) is 7.50. The van der Waals surface area contributed by atoms with Crippen LogP contribution in [-0.4, -0.2) is 44.6 Å². The Kier molecular flexibility index (Phi) is 4.16. The van der Waals surface area contributed by atoms with Gasteiger partial charge in [0.15, 0.2) is 0 Å². The van der Waals surface area contributed by atoms with Crippen LogP contribution in [0.3, 0.4) is 0 Å². The van der Waals surface area contributed by atoms with Crippen LogP contribution in [0.4, 0.5) is 0 Å². The maximum atomic E-state index is 12.2. The third-order valence-corrected chi connectivity index (χ3v) is 4.24. The molecule has 1 fully saturated rings. The molecule has 3 N–H and O–H groups in total. The van der Waals surface area contributed by atoms with Crippen LogP contribution in [0, 0.1) is 0 Å². The van der Waals surface area contributed by atoms with Gasteiger partial charge in [-0.25, -0.2) is 10.3 Å². The summed E-state index contributed by atoms with van der Waals surface area (Å²) in [5.74, 6) is -1.04. The first-order chi connectivity index (χ1) is 11.1. The third kappa shape index (κ3) is 2.98. The second-order valence-corrected chi connectivity index (χ2v) is 5.64. The maximum absolute atomic E-state index is 12.2. The maximum Gasteiger partial charge on any atom is 0.326 e. The van der Waals surface area contributed by atoms with Crippen LogP contribution < -0.4 is 11.2 Å². The van der Waals surface area contributed by atoms with Crippen LogP contribution in [0.15, 0.2) is 29.1 Å². The fourth-order valence-corrected chi connectivity index (χ4v) is 3.10. The first-order valence-electron chi connectivity index (χ1n) is 7.50. The smallest absolute Gasteiger partial charge is 0.326 e. The minimum atomic E-state index is -0.718. The predicted octanol–water partition coefficient (Wildman–Crippen LogP) is 0.389. The van der Waals surface area contributed by atoms with E-state index in [4.69, 9.17) is 5.21 Å². The van der Waals surface area contributed by atoms with Gasteiger partial charge in [-0.2, -0.15) is 0 Å². The van der Waals surface area contributed by atoms with Crippen molar-refractivity contribution in [2.24, 2.45) is 0 Å². The highest BCUT2D eigenvalue weighted by Crippen LogP contribution is 2.25. The molecular weight excluding hydrogens is 300 g/mol. The summed E-state index contributed by atoms with van der Waals surface area (Å²) in [4.78, 5) is 39.6. The second kappa shape index (κ2) is 6.25. The zero-order valence-corrected chi connectivity index (χ0v) is 12.5.